The van der Waals surface area contributed by atoms with Crippen molar-refractivity contribution in [2.45, 2.75) is 13.8 Å². The van der Waals surface area contributed by atoms with E-state index in [1.807, 2.05) is 6.07 Å². The Morgan fingerprint density at radius 1 is 1.05 bits per heavy atom. The van der Waals surface area contributed by atoms with E-state index in [9.17, 15) is 0 Å². The Kier molecular flexibility index (Phi) is 2.87. The molecule has 0 fully saturated rings. The van der Waals surface area contributed by atoms with Crippen LogP contribution in [-0.2, 0) is 0 Å². The summed E-state index contributed by atoms with van der Waals surface area (Å²) >= 11 is 1.68. The first-order chi connectivity index (χ1) is 9.18. The van der Waals surface area contributed by atoms with Gasteiger partial charge in [-0.3, -0.25) is 5.10 Å². The number of H-pyrrole nitrogens is 1. The maximum atomic E-state index is 6.03. The van der Waals surface area contributed by atoms with E-state index < -0.39 is 0 Å². The van der Waals surface area contributed by atoms with Crippen molar-refractivity contribution in [3.8, 4) is 21.7 Å². The fraction of sp³-hybridized carbons (Fsp3) is 0.133. The second-order valence-corrected chi connectivity index (χ2v) is 5.55. The molecule has 0 spiro atoms. The number of nitrogens with one attached hydrogen (secondary N) is 1. The molecule has 0 unspecified atom stereocenters. The second-order valence-electron chi connectivity index (χ2n) is 4.60. The molecule has 0 saturated carbocycles. The van der Waals surface area contributed by atoms with Gasteiger partial charge in [0.25, 0.3) is 0 Å². The molecule has 0 radical (unpaired) electrons. The van der Waals surface area contributed by atoms with Crippen LogP contribution in [0.1, 0.15) is 11.1 Å². The van der Waals surface area contributed by atoms with Crippen LogP contribution in [0, 0.1) is 13.8 Å². The summed E-state index contributed by atoms with van der Waals surface area (Å²) in [7, 11) is 0. The highest BCUT2D eigenvalue weighted by molar-refractivity contribution is 7.13. The minimum atomic E-state index is 0.556. The molecule has 0 aliphatic heterocycles. The number of rotatable bonds is 2. The zero-order chi connectivity index (χ0) is 13.4. The summed E-state index contributed by atoms with van der Waals surface area (Å²) in [5.74, 6) is 0.556. The number of nitrogens with zero attached hydrogens (tertiary/aromatic N) is 1. The van der Waals surface area contributed by atoms with Gasteiger partial charge in [0, 0.05) is 10.4 Å². The summed E-state index contributed by atoms with van der Waals surface area (Å²) < 4.78 is 0. The lowest BCUT2D eigenvalue weighted by Gasteiger charge is -2.09. The van der Waals surface area contributed by atoms with Gasteiger partial charge in [-0.25, -0.2) is 0 Å². The number of anilines is 1. The van der Waals surface area contributed by atoms with Crippen molar-refractivity contribution in [3.05, 3.63) is 46.8 Å². The number of aromatic amines is 1. The van der Waals surface area contributed by atoms with Crippen molar-refractivity contribution in [3.63, 3.8) is 0 Å². The summed E-state index contributed by atoms with van der Waals surface area (Å²) in [6, 6.07) is 10.4. The van der Waals surface area contributed by atoms with Gasteiger partial charge in [-0.15, -0.1) is 11.3 Å². The Morgan fingerprint density at radius 2 is 1.79 bits per heavy atom. The van der Waals surface area contributed by atoms with Crippen LogP contribution < -0.4 is 5.73 Å². The van der Waals surface area contributed by atoms with E-state index in [-0.39, 0.29) is 0 Å². The Balaban J connectivity index is 2.28. The largest absolute Gasteiger partial charge is 0.382 e. The van der Waals surface area contributed by atoms with Crippen LogP contribution >= 0.6 is 11.3 Å². The minimum absolute atomic E-state index is 0.556. The Labute approximate surface area is 116 Å². The third kappa shape index (κ3) is 1.94. The van der Waals surface area contributed by atoms with Crippen LogP contribution in [0.5, 0.6) is 0 Å². The molecule has 2 aromatic heterocycles. The zero-order valence-corrected chi connectivity index (χ0v) is 11.7. The molecule has 2 heterocycles. The average molecular weight is 269 g/mol. The van der Waals surface area contributed by atoms with E-state index in [0.717, 1.165) is 16.1 Å². The fourth-order valence-corrected chi connectivity index (χ4v) is 3.20. The van der Waals surface area contributed by atoms with Crippen LogP contribution in [0.2, 0.25) is 0 Å². The van der Waals surface area contributed by atoms with Gasteiger partial charge < -0.3 is 5.73 Å². The van der Waals surface area contributed by atoms with Gasteiger partial charge in [0.2, 0.25) is 0 Å². The Morgan fingerprint density at radius 3 is 2.42 bits per heavy atom. The standard InChI is InChI=1S/C15H15N3S/c1-9-5-3-6-10(2)12(9)14-13(15(16)18-17-14)11-7-4-8-19-11/h3-8H,1-2H3,(H3,16,17,18). The summed E-state index contributed by atoms with van der Waals surface area (Å²) in [6.45, 7) is 4.22. The SMILES string of the molecule is Cc1cccc(C)c1-c1[nH]nc(N)c1-c1cccs1. The third-order valence-corrected chi connectivity index (χ3v) is 4.18. The van der Waals surface area contributed by atoms with E-state index >= 15 is 0 Å². The van der Waals surface area contributed by atoms with Crippen LogP contribution in [0.3, 0.4) is 0 Å². The molecule has 0 amide bonds. The Bertz CT molecular complexity index is 691. The third-order valence-electron chi connectivity index (χ3n) is 3.29. The van der Waals surface area contributed by atoms with Gasteiger partial charge >= 0.3 is 0 Å². The highest BCUT2D eigenvalue weighted by atomic mass is 32.1. The predicted octanol–water partition coefficient (Wildman–Crippen LogP) is 4.00. The fourth-order valence-electron chi connectivity index (χ4n) is 2.42. The maximum absolute atomic E-state index is 6.03. The summed E-state index contributed by atoms with van der Waals surface area (Å²) in [6.07, 6.45) is 0. The number of hydrogen-bond donors (Lipinski definition) is 2. The zero-order valence-electron chi connectivity index (χ0n) is 10.9. The molecular formula is C15H15N3S. The van der Waals surface area contributed by atoms with E-state index in [0.29, 0.717) is 5.82 Å². The summed E-state index contributed by atoms with van der Waals surface area (Å²) in [4.78, 5) is 1.14. The molecule has 3 rings (SSSR count). The number of aromatic nitrogens is 2. The van der Waals surface area contributed by atoms with Gasteiger partial charge in [0.1, 0.15) is 0 Å². The number of nitrogens with two attached hydrogens (primary N) is 1. The lowest BCUT2D eigenvalue weighted by molar-refractivity contribution is 1.10. The van der Waals surface area contributed by atoms with Crippen molar-refractivity contribution >= 4 is 17.2 Å². The molecule has 3 N–H and O–H groups in total. The van der Waals surface area contributed by atoms with Gasteiger partial charge in [0.05, 0.1) is 11.3 Å². The van der Waals surface area contributed by atoms with Gasteiger partial charge in [0.15, 0.2) is 5.82 Å². The minimum Gasteiger partial charge on any atom is -0.382 e. The van der Waals surface area contributed by atoms with E-state index in [2.05, 4.69) is 53.7 Å². The highest BCUT2D eigenvalue weighted by Crippen LogP contribution is 2.39. The number of thiophene rings is 1. The van der Waals surface area contributed by atoms with Crippen molar-refractivity contribution in [1.29, 1.82) is 0 Å². The number of benzene rings is 1. The molecule has 0 atom stereocenters. The normalized spacial score (nSPS) is 10.8. The maximum Gasteiger partial charge on any atom is 0.154 e. The van der Waals surface area contributed by atoms with Crippen LogP contribution in [0.15, 0.2) is 35.7 Å². The van der Waals surface area contributed by atoms with Crippen molar-refractivity contribution in [2.24, 2.45) is 0 Å². The molecule has 96 valence electrons. The van der Waals surface area contributed by atoms with E-state index in [4.69, 9.17) is 5.73 Å². The lowest BCUT2D eigenvalue weighted by Crippen LogP contribution is -1.90. The molecular weight excluding hydrogens is 254 g/mol. The predicted molar refractivity (Wildman–Crippen MR) is 81.2 cm³/mol. The molecule has 1 aromatic carbocycles. The number of aryl methyl sites for hydroxylation is 2. The van der Waals surface area contributed by atoms with Crippen LogP contribution in [0.25, 0.3) is 21.7 Å². The van der Waals surface area contributed by atoms with Crippen molar-refractivity contribution in [2.75, 3.05) is 5.73 Å². The van der Waals surface area contributed by atoms with Gasteiger partial charge in [-0.05, 0) is 36.4 Å². The first kappa shape index (κ1) is 12.0. The second kappa shape index (κ2) is 4.55. The lowest BCUT2D eigenvalue weighted by atomic mass is 9.97. The van der Waals surface area contributed by atoms with Crippen LogP contribution in [0.4, 0.5) is 5.82 Å². The topological polar surface area (TPSA) is 54.7 Å². The molecule has 3 nitrogen and oxygen atoms in total. The van der Waals surface area contributed by atoms with Gasteiger partial charge in [-0.2, -0.15) is 5.10 Å². The number of hydrogen-bond acceptors (Lipinski definition) is 3. The smallest absolute Gasteiger partial charge is 0.154 e. The molecule has 19 heavy (non-hydrogen) atoms. The van der Waals surface area contributed by atoms with E-state index in [1.54, 1.807) is 11.3 Å². The van der Waals surface area contributed by atoms with Gasteiger partial charge in [-0.1, -0.05) is 24.3 Å². The first-order valence-electron chi connectivity index (χ1n) is 6.13. The van der Waals surface area contributed by atoms with Crippen molar-refractivity contribution in [1.82, 2.24) is 10.2 Å². The monoisotopic (exact) mass is 269 g/mol. The van der Waals surface area contributed by atoms with E-state index in [1.165, 1.54) is 16.7 Å². The molecule has 3 aromatic rings. The quantitative estimate of drug-likeness (QED) is 0.738. The molecule has 0 aliphatic carbocycles. The molecule has 0 aliphatic rings. The van der Waals surface area contributed by atoms with Crippen LogP contribution in [-0.4, -0.2) is 10.2 Å². The number of nitrogen functional groups attached to an aromatic ring is 1. The van der Waals surface area contributed by atoms with Crippen molar-refractivity contribution < 1.29 is 0 Å². The highest BCUT2D eigenvalue weighted by Gasteiger charge is 2.18. The summed E-state index contributed by atoms with van der Waals surface area (Å²) in [5.41, 5.74) is 11.7. The average Bonchev–Trinajstić information content (AvgIpc) is 2.99. The molecule has 0 bridgehead atoms. The molecule has 4 heteroatoms. The Hall–Kier alpha value is -2.07. The first-order valence-corrected chi connectivity index (χ1v) is 7.00. The summed E-state index contributed by atoms with van der Waals surface area (Å²) in [5, 5.41) is 9.33. The molecule has 0 saturated heterocycles.